The molecule has 0 bridgehead atoms. The van der Waals surface area contributed by atoms with E-state index >= 15 is 0 Å². The lowest BCUT2D eigenvalue weighted by atomic mass is 9.96. The molecule has 1 aliphatic heterocycles. The Labute approximate surface area is 201 Å². The predicted octanol–water partition coefficient (Wildman–Crippen LogP) is 2.71. The van der Waals surface area contributed by atoms with Gasteiger partial charge in [0, 0.05) is 19.1 Å². The van der Waals surface area contributed by atoms with E-state index in [1.54, 1.807) is 13.8 Å². The minimum absolute atomic E-state index is 0.0676. The lowest BCUT2D eigenvalue weighted by molar-refractivity contribution is -0.153. The number of sulfonamides is 1. The van der Waals surface area contributed by atoms with Crippen LogP contribution in [0.4, 0.5) is 4.79 Å². The Morgan fingerprint density at radius 3 is 2.15 bits per heavy atom. The third-order valence-electron chi connectivity index (χ3n) is 6.53. The number of hydrogen-bond donors (Lipinski definition) is 2. The van der Waals surface area contributed by atoms with E-state index in [4.69, 9.17) is 4.74 Å². The van der Waals surface area contributed by atoms with E-state index in [9.17, 15) is 22.8 Å². The first-order valence-electron chi connectivity index (χ1n) is 11.9. The summed E-state index contributed by atoms with van der Waals surface area (Å²) >= 11 is 0. The molecule has 0 atom stereocenters. The highest BCUT2D eigenvalue weighted by Crippen LogP contribution is 2.29. The number of ether oxygens (including phenoxy) is 1. The molecule has 1 saturated carbocycles. The van der Waals surface area contributed by atoms with Crippen molar-refractivity contribution in [1.82, 2.24) is 14.9 Å². The summed E-state index contributed by atoms with van der Waals surface area (Å²) in [5, 5.41) is 4.96. The number of aryl methyl sites for hydroxylation is 3. The molecule has 9 nitrogen and oxygen atoms in total. The molecule has 1 heterocycles. The Kier molecular flexibility index (Phi) is 8.70. The van der Waals surface area contributed by atoms with Crippen molar-refractivity contribution < 1.29 is 27.5 Å². The van der Waals surface area contributed by atoms with Crippen molar-refractivity contribution in [3.05, 3.63) is 28.8 Å². The van der Waals surface area contributed by atoms with Crippen LogP contribution < -0.4 is 10.6 Å². The number of imide groups is 1. The van der Waals surface area contributed by atoms with Crippen LogP contribution in [0, 0.1) is 26.7 Å². The Morgan fingerprint density at radius 2 is 1.56 bits per heavy atom. The van der Waals surface area contributed by atoms with Crippen molar-refractivity contribution in [2.24, 2.45) is 5.92 Å². The van der Waals surface area contributed by atoms with Gasteiger partial charge < -0.3 is 10.1 Å². The largest absolute Gasteiger partial charge is 0.455 e. The number of rotatable bonds is 6. The number of esters is 1. The normalized spacial score (nSPS) is 18.3. The molecule has 1 saturated heterocycles. The summed E-state index contributed by atoms with van der Waals surface area (Å²) in [5.74, 6) is -1.73. The molecule has 34 heavy (non-hydrogen) atoms. The summed E-state index contributed by atoms with van der Waals surface area (Å²) in [6, 6.07) is 3.20. The van der Waals surface area contributed by atoms with Crippen molar-refractivity contribution >= 4 is 27.9 Å². The predicted molar refractivity (Wildman–Crippen MR) is 127 cm³/mol. The van der Waals surface area contributed by atoms with Crippen LogP contribution in [-0.2, 0) is 24.3 Å². The molecule has 0 spiro atoms. The average Bonchev–Trinajstić information content (AvgIpc) is 2.77. The van der Waals surface area contributed by atoms with Crippen LogP contribution in [0.1, 0.15) is 61.6 Å². The van der Waals surface area contributed by atoms with E-state index in [1.807, 2.05) is 19.1 Å². The molecule has 2 N–H and O–H groups in total. The molecule has 10 heteroatoms. The number of piperidine rings is 1. The highest BCUT2D eigenvalue weighted by Gasteiger charge is 2.34. The van der Waals surface area contributed by atoms with Crippen molar-refractivity contribution in [2.45, 2.75) is 76.7 Å². The fourth-order valence-corrected chi connectivity index (χ4v) is 6.80. The van der Waals surface area contributed by atoms with Crippen LogP contribution in [-0.4, -0.2) is 56.4 Å². The van der Waals surface area contributed by atoms with E-state index in [2.05, 4.69) is 10.6 Å². The van der Waals surface area contributed by atoms with Gasteiger partial charge in [-0.05, 0) is 57.6 Å². The molecule has 2 aliphatic rings. The molecule has 3 amide bonds. The van der Waals surface area contributed by atoms with Crippen LogP contribution in [0.5, 0.6) is 0 Å². The number of benzene rings is 1. The second kappa shape index (κ2) is 11.3. The standard InChI is InChI=1S/C24H35N3O6S/c1-16-13-17(2)22(18(3)14-16)34(31,32)27-11-9-19(10-12-27)23(29)33-15-21(28)26-24(30)25-20-7-5-4-6-8-20/h13-14,19-20H,4-12,15H2,1-3H3,(H2,25,26,28,30). The van der Waals surface area contributed by atoms with Gasteiger partial charge in [-0.3, -0.25) is 14.9 Å². The smallest absolute Gasteiger partial charge is 0.321 e. The second-order valence-electron chi connectivity index (χ2n) is 9.37. The number of nitrogens with one attached hydrogen (secondary N) is 2. The van der Waals surface area contributed by atoms with Gasteiger partial charge in [-0.15, -0.1) is 0 Å². The molecule has 188 valence electrons. The zero-order chi connectivity index (χ0) is 24.9. The van der Waals surface area contributed by atoms with Gasteiger partial charge in [0.25, 0.3) is 5.91 Å². The first-order chi connectivity index (χ1) is 16.1. The first kappa shape index (κ1) is 26.2. The maximum Gasteiger partial charge on any atom is 0.321 e. The van der Waals surface area contributed by atoms with Gasteiger partial charge in [0.1, 0.15) is 0 Å². The highest BCUT2D eigenvalue weighted by molar-refractivity contribution is 7.89. The lowest BCUT2D eigenvalue weighted by Gasteiger charge is -2.31. The zero-order valence-electron chi connectivity index (χ0n) is 20.2. The summed E-state index contributed by atoms with van der Waals surface area (Å²) in [7, 11) is -3.67. The van der Waals surface area contributed by atoms with Crippen molar-refractivity contribution in [2.75, 3.05) is 19.7 Å². The summed E-state index contributed by atoms with van der Waals surface area (Å²) in [5.41, 5.74) is 2.42. The summed E-state index contributed by atoms with van der Waals surface area (Å²) in [4.78, 5) is 36.6. The van der Waals surface area contributed by atoms with Crippen LogP contribution >= 0.6 is 0 Å². The van der Waals surface area contributed by atoms with Gasteiger partial charge in [0.2, 0.25) is 10.0 Å². The maximum absolute atomic E-state index is 13.2. The van der Waals surface area contributed by atoms with Gasteiger partial charge in [-0.2, -0.15) is 4.31 Å². The van der Waals surface area contributed by atoms with Crippen molar-refractivity contribution in [3.63, 3.8) is 0 Å². The Balaban J connectivity index is 1.45. The van der Waals surface area contributed by atoms with Gasteiger partial charge in [0.15, 0.2) is 6.61 Å². The van der Waals surface area contributed by atoms with Crippen LogP contribution in [0.25, 0.3) is 0 Å². The Bertz CT molecular complexity index is 1000. The number of carbonyl (C=O) groups is 3. The number of amides is 3. The SMILES string of the molecule is Cc1cc(C)c(S(=O)(=O)N2CCC(C(=O)OCC(=O)NC(=O)NC3CCCCC3)CC2)c(C)c1. The molecule has 0 aromatic heterocycles. The molecule has 1 aromatic carbocycles. The third kappa shape index (κ3) is 6.56. The molecule has 1 aromatic rings. The van der Waals surface area contributed by atoms with Gasteiger partial charge in [-0.25, -0.2) is 13.2 Å². The molecule has 2 fully saturated rings. The molecule has 1 aliphatic carbocycles. The fraction of sp³-hybridized carbons (Fsp3) is 0.625. The number of urea groups is 1. The second-order valence-corrected chi connectivity index (χ2v) is 11.2. The fourth-order valence-electron chi connectivity index (χ4n) is 4.92. The Morgan fingerprint density at radius 1 is 0.971 bits per heavy atom. The van der Waals surface area contributed by atoms with Gasteiger partial charge in [0.05, 0.1) is 10.8 Å². The molecule has 0 radical (unpaired) electrons. The monoisotopic (exact) mass is 493 g/mol. The minimum Gasteiger partial charge on any atom is -0.455 e. The van der Waals surface area contributed by atoms with Gasteiger partial charge in [-0.1, -0.05) is 37.0 Å². The number of nitrogens with zero attached hydrogens (tertiary/aromatic N) is 1. The van der Waals surface area contributed by atoms with Crippen molar-refractivity contribution in [3.8, 4) is 0 Å². The first-order valence-corrected chi connectivity index (χ1v) is 13.4. The molecular formula is C24H35N3O6S. The van der Waals surface area contributed by atoms with Gasteiger partial charge >= 0.3 is 12.0 Å². The van der Waals surface area contributed by atoms with E-state index in [-0.39, 0.29) is 19.1 Å². The molecule has 0 unspecified atom stereocenters. The lowest BCUT2D eigenvalue weighted by Crippen LogP contribution is -2.46. The van der Waals surface area contributed by atoms with Crippen LogP contribution in [0.3, 0.4) is 0 Å². The quantitative estimate of drug-likeness (QED) is 0.588. The van der Waals surface area contributed by atoms with E-state index < -0.39 is 40.5 Å². The number of carbonyl (C=O) groups excluding carboxylic acids is 3. The van der Waals surface area contributed by atoms with Crippen LogP contribution in [0.15, 0.2) is 17.0 Å². The van der Waals surface area contributed by atoms with Crippen molar-refractivity contribution in [1.29, 1.82) is 0 Å². The zero-order valence-corrected chi connectivity index (χ0v) is 21.0. The Hall–Kier alpha value is -2.46. The van der Waals surface area contributed by atoms with Crippen LogP contribution in [0.2, 0.25) is 0 Å². The highest BCUT2D eigenvalue weighted by atomic mass is 32.2. The summed E-state index contributed by atoms with van der Waals surface area (Å²) < 4.78 is 32.9. The molecular weight excluding hydrogens is 458 g/mol. The molecule has 3 rings (SSSR count). The topological polar surface area (TPSA) is 122 Å². The van der Waals surface area contributed by atoms with E-state index in [0.717, 1.165) is 37.7 Å². The maximum atomic E-state index is 13.2. The minimum atomic E-state index is -3.67. The van der Waals surface area contributed by atoms with E-state index in [0.29, 0.717) is 28.9 Å². The third-order valence-corrected chi connectivity index (χ3v) is 8.73. The summed E-state index contributed by atoms with van der Waals surface area (Å²) in [6.07, 6.45) is 5.69. The number of hydrogen-bond acceptors (Lipinski definition) is 6. The summed E-state index contributed by atoms with van der Waals surface area (Å²) in [6.45, 7) is 5.36. The van der Waals surface area contributed by atoms with E-state index in [1.165, 1.54) is 4.31 Å². The average molecular weight is 494 g/mol.